The predicted octanol–water partition coefficient (Wildman–Crippen LogP) is 4.51. The van der Waals surface area contributed by atoms with Gasteiger partial charge in [-0.3, -0.25) is 14.9 Å². The molecule has 164 valence electrons. The van der Waals surface area contributed by atoms with Gasteiger partial charge in [0.2, 0.25) is 5.91 Å². The Kier molecular flexibility index (Phi) is 8.67. The van der Waals surface area contributed by atoms with Gasteiger partial charge in [0, 0.05) is 12.2 Å². The maximum absolute atomic E-state index is 12.5. The Balaban J connectivity index is 1.72. The van der Waals surface area contributed by atoms with E-state index in [9.17, 15) is 9.59 Å². The van der Waals surface area contributed by atoms with Gasteiger partial charge in [0.15, 0.2) is 0 Å². The van der Waals surface area contributed by atoms with Crippen molar-refractivity contribution in [1.82, 2.24) is 10.3 Å². The summed E-state index contributed by atoms with van der Waals surface area (Å²) in [7, 11) is 1.65. The molecule has 6 nitrogen and oxygen atoms in total. The average molecular weight is 440 g/mol. The van der Waals surface area contributed by atoms with Crippen LogP contribution < -0.4 is 15.4 Å². The van der Waals surface area contributed by atoms with Crippen molar-refractivity contribution in [2.75, 3.05) is 18.2 Å². The van der Waals surface area contributed by atoms with Gasteiger partial charge in [-0.2, -0.15) is 0 Å². The van der Waals surface area contributed by atoms with E-state index < -0.39 is 0 Å². The summed E-state index contributed by atoms with van der Waals surface area (Å²) in [5.41, 5.74) is 3.09. The third-order valence-corrected chi connectivity index (χ3v) is 6.53. The highest BCUT2D eigenvalue weighted by atomic mass is 32.2. The smallest absolute Gasteiger partial charge is 0.235 e. The van der Waals surface area contributed by atoms with Crippen LogP contribution in [-0.2, 0) is 9.59 Å². The molecule has 0 saturated carbocycles. The fourth-order valence-corrected chi connectivity index (χ4v) is 4.79. The molecule has 0 radical (unpaired) electrons. The topological polar surface area (TPSA) is 80.3 Å². The van der Waals surface area contributed by atoms with Gasteiger partial charge in [0.05, 0.1) is 18.2 Å². The second kappa shape index (κ2) is 11.7. The number of ether oxygens (including phenoxy) is 1. The van der Waals surface area contributed by atoms with Crippen molar-refractivity contribution < 1.29 is 14.3 Å². The lowest BCUT2D eigenvalue weighted by Gasteiger charge is -2.29. The summed E-state index contributed by atoms with van der Waals surface area (Å²) in [5.74, 6) is 1.50. The molecule has 0 bridgehead atoms. The number of carbonyl (C=O) groups is 2. The molecule has 2 N–H and O–H groups in total. The quantitative estimate of drug-likeness (QED) is 0.419. The number of thioether (sulfide) groups is 1. The molecule has 1 aromatic carbocycles. The SMILES string of the molecule is COc1ccc([C@H](C)N[C@H](SCC(=O)Nc2ccccn2)C2=C(C=O)CCCC2)cc1. The van der Waals surface area contributed by atoms with E-state index in [1.807, 2.05) is 30.3 Å². The summed E-state index contributed by atoms with van der Waals surface area (Å²) in [6.45, 7) is 2.09. The lowest BCUT2D eigenvalue weighted by molar-refractivity contribution is -0.113. The predicted molar refractivity (Wildman–Crippen MR) is 125 cm³/mol. The number of hydrogen-bond acceptors (Lipinski definition) is 6. The molecule has 1 amide bonds. The molecule has 0 fully saturated rings. The van der Waals surface area contributed by atoms with Crippen LogP contribution in [0.1, 0.15) is 44.2 Å². The number of hydrogen-bond donors (Lipinski definition) is 2. The second-order valence-corrected chi connectivity index (χ2v) is 8.58. The molecule has 3 rings (SSSR count). The molecule has 31 heavy (non-hydrogen) atoms. The summed E-state index contributed by atoms with van der Waals surface area (Å²) < 4.78 is 5.25. The Morgan fingerprint density at radius 1 is 1.19 bits per heavy atom. The van der Waals surface area contributed by atoms with Crippen LogP contribution in [0.25, 0.3) is 0 Å². The van der Waals surface area contributed by atoms with E-state index in [1.165, 1.54) is 11.8 Å². The van der Waals surface area contributed by atoms with E-state index in [1.54, 1.807) is 25.4 Å². The zero-order valence-corrected chi connectivity index (χ0v) is 18.8. The molecule has 1 aliphatic rings. The number of methoxy groups -OCH3 is 1. The lowest BCUT2D eigenvalue weighted by atomic mass is 9.92. The minimum atomic E-state index is -0.118. The average Bonchev–Trinajstić information content (AvgIpc) is 2.82. The number of nitrogens with one attached hydrogen (secondary N) is 2. The van der Waals surface area contributed by atoms with Crippen molar-refractivity contribution in [1.29, 1.82) is 0 Å². The Labute approximate surface area is 187 Å². The monoisotopic (exact) mass is 439 g/mol. The van der Waals surface area contributed by atoms with Gasteiger partial charge < -0.3 is 10.1 Å². The molecule has 0 unspecified atom stereocenters. The van der Waals surface area contributed by atoms with E-state index in [2.05, 4.69) is 22.5 Å². The van der Waals surface area contributed by atoms with E-state index in [0.717, 1.165) is 54.4 Å². The van der Waals surface area contributed by atoms with E-state index in [-0.39, 0.29) is 23.1 Å². The number of benzene rings is 1. The number of anilines is 1. The molecular weight excluding hydrogens is 410 g/mol. The van der Waals surface area contributed by atoms with Gasteiger partial charge in [-0.25, -0.2) is 4.98 Å². The zero-order chi connectivity index (χ0) is 22.1. The van der Waals surface area contributed by atoms with Crippen LogP contribution in [0.15, 0.2) is 59.8 Å². The molecule has 1 heterocycles. The van der Waals surface area contributed by atoms with Crippen molar-refractivity contribution in [3.63, 3.8) is 0 Å². The van der Waals surface area contributed by atoms with Crippen LogP contribution in [-0.4, -0.2) is 35.4 Å². The van der Waals surface area contributed by atoms with Crippen LogP contribution in [0.4, 0.5) is 5.82 Å². The van der Waals surface area contributed by atoms with Crippen molar-refractivity contribution in [3.8, 4) is 5.75 Å². The van der Waals surface area contributed by atoms with Crippen molar-refractivity contribution in [2.45, 2.75) is 44.0 Å². The maximum Gasteiger partial charge on any atom is 0.235 e. The molecule has 0 aliphatic heterocycles. The normalized spacial score (nSPS) is 15.8. The molecule has 2 aromatic rings. The molecular formula is C24H29N3O3S. The maximum atomic E-state index is 12.5. The van der Waals surface area contributed by atoms with Gasteiger partial charge in [-0.05, 0) is 73.6 Å². The second-order valence-electron chi connectivity index (χ2n) is 7.49. The van der Waals surface area contributed by atoms with Crippen LogP contribution in [0.5, 0.6) is 5.75 Å². The molecule has 2 atom stereocenters. The number of carbonyl (C=O) groups excluding carboxylic acids is 2. The molecule has 7 heteroatoms. The van der Waals surface area contributed by atoms with Crippen LogP contribution >= 0.6 is 11.8 Å². The first-order valence-corrected chi connectivity index (χ1v) is 11.5. The van der Waals surface area contributed by atoms with Crippen molar-refractivity contribution in [3.05, 3.63) is 65.4 Å². The van der Waals surface area contributed by atoms with Gasteiger partial charge in [0.25, 0.3) is 0 Å². The molecule has 1 aliphatic carbocycles. The number of allylic oxidation sites excluding steroid dienone is 1. The van der Waals surface area contributed by atoms with E-state index in [0.29, 0.717) is 5.82 Å². The molecule has 0 spiro atoms. The summed E-state index contributed by atoms with van der Waals surface area (Å²) in [6, 6.07) is 13.4. The third-order valence-electron chi connectivity index (χ3n) is 5.34. The Morgan fingerprint density at radius 3 is 2.65 bits per heavy atom. The lowest BCUT2D eigenvalue weighted by Crippen LogP contribution is -2.33. The minimum Gasteiger partial charge on any atom is -0.497 e. The van der Waals surface area contributed by atoms with Crippen LogP contribution in [0.3, 0.4) is 0 Å². The summed E-state index contributed by atoms with van der Waals surface area (Å²) in [4.78, 5) is 28.3. The third kappa shape index (κ3) is 6.67. The molecule has 1 aromatic heterocycles. The largest absolute Gasteiger partial charge is 0.497 e. The highest BCUT2D eigenvalue weighted by Crippen LogP contribution is 2.32. The number of rotatable bonds is 10. The number of aldehydes is 1. The van der Waals surface area contributed by atoms with Gasteiger partial charge in [-0.1, -0.05) is 18.2 Å². The minimum absolute atomic E-state index is 0.0459. The summed E-state index contributed by atoms with van der Waals surface area (Å²) in [5, 5.41) is 6.34. The van der Waals surface area contributed by atoms with Crippen LogP contribution in [0, 0.1) is 0 Å². The summed E-state index contributed by atoms with van der Waals surface area (Å²) in [6.07, 6.45) is 6.39. The number of nitrogens with zero attached hydrogens (tertiary/aromatic N) is 1. The van der Waals surface area contributed by atoms with Crippen molar-refractivity contribution >= 4 is 29.8 Å². The highest BCUT2D eigenvalue weighted by molar-refractivity contribution is 8.00. The zero-order valence-electron chi connectivity index (χ0n) is 18.0. The first-order chi connectivity index (χ1) is 15.1. The molecule has 0 saturated heterocycles. The fourth-order valence-electron chi connectivity index (χ4n) is 3.63. The first-order valence-electron chi connectivity index (χ1n) is 10.5. The van der Waals surface area contributed by atoms with Gasteiger partial charge >= 0.3 is 0 Å². The highest BCUT2D eigenvalue weighted by Gasteiger charge is 2.24. The Bertz CT molecular complexity index is 900. The fraction of sp³-hybridized carbons (Fsp3) is 0.375. The number of amides is 1. The summed E-state index contributed by atoms with van der Waals surface area (Å²) >= 11 is 1.51. The van der Waals surface area contributed by atoms with Crippen molar-refractivity contribution in [2.24, 2.45) is 0 Å². The van der Waals surface area contributed by atoms with Gasteiger partial charge in [0.1, 0.15) is 17.9 Å². The van der Waals surface area contributed by atoms with E-state index >= 15 is 0 Å². The first kappa shape index (κ1) is 23.0. The number of pyridine rings is 1. The van der Waals surface area contributed by atoms with Gasteiger partial charge in [-0.15, -0.1) is 11.8 Å². The van der Waals surface area contributed by atoms with Crippen LogP contribution in [0.2, 0.25) is 0 Å². The van der Waals surface area contributed by atoms with E-state index in [4.69, 9.17) is 4.74 Å². The standard InChI is InChI=1S/C24H29N3O3S/c1-17(18-10-12-20(30-2)13-11-18)26-24(21-8-4-3-7-19(21)15-28)31-16-23(29)27-22-9-5-6-14-25-22/h5-6,9-15,17,24,26H,3-4,7-8,16H2,1-2H3,(H,25,27,29)/t17-,24+/m0/s1. The Hall–Kier alpha value is -2.64. The Morgan fingerprint density at radius 2 is 1.97 bits per heavy atom. The number of aromatic nitrogens is 1.